The molecule has 1 N–H and O–H groups in total. The molecule has 1 atom stereocenters. The molecule has 7 nitrogen and oxygen atoms in total. The number of carboxylic acids is 1. The third-order valence-corrected chi connectivity index (χ3v) is 7.08. The quantitative estimate of drug-likeness (QED) is 0.560. The molecule has 3 aromatic rings. The molecule has 11 heteroatoms. The van der Waals surface area contributed by atoms with Gasteiger partial charge >= 0.3 is 12.1 Å². The van der Waals surface area contributed by atoms with Crippen molar-refractivity contribution in [3.8, 4) is 11.3 Å². The van der Waals surface area contributed by atoms with E-state index in [1.54, 1.807) is 0 Å². The third-order valence-electron chi connectivity index (χ3n) is 6.23. The number of imidazole rings is 1. The maximum Gasteiger partial charge on any atom is 0.490 e. The van der Waals surface area contributed by atoms with E-state index in [9.17, 15) is 18.0 Å². The first-order chi connectivity index (χ1) is 16.6. The number of thiophene rings is 1. The van der Waals surface area contributed by atoms with Crippen molar-refractivity contribution in [2.24, 2.45) is 0 Å². The summed E-state index contributed by atoms with van der Waals surface area (Å²) in [6.45, 7) is 3.40. The van der Waals surface area contributed by atoms with Gasteiger partial charge in [-0.1, -0.05) is 36.4 Å². The fraction of sp³-hybridized carbons (Fsp3) is 0.375. The van der Waals surface area contributed by atoms with Crippen LogP contribution >= 0.6 is 11.3 Å². The van der Waals surface area contributed by atoms with Crippen molar-refractivity contribution in [1.82, 2.24) is 19.4 Å². The number of halogens is 3. The van der Waals surface area contributed by atoms with Gasteiger partial charge in [-0.15, -0.1) is 11.3 Å². The van der Waals surface area contributed by atoms with E-state index in [1.165, 1.54) is 17.0 Å². The summed E-state index contributed by atoms with van der Waals surface area (Å²) in [6, 6.07) is 14.3. The van der Waals surface area contributed by atoms with Gasteiger partial charge < -0.3 is 14.6 Å². The zero-order valence-electron chi connectivity index (χ0n) is 19.0. The summed E-state index contributed by atoms with van der Waals surface area (Å²) in [7, 11) is 2.17. The Morgan fingerprint density at radius 3 is 2.46 bits per heavy atom. The number of amides is 1. The van der Waals surface area contributed by atoms with Crippen LogP contribution in [-0.4, -0.2) is 69.2 Å². The maximum absolute atomic E-state index is 13.0. The molecule has 2 aromatic heterocycles. The smallest absolute Gasteiger partial charge is 0.475 e. The Morgan fingerprint density at radius 1 is 1.11 bits per heavy atom. The fourth-order valence-corrected chi connectivity index (χ4v) is 5.52. The molecule has 0 saturated carbocycles. The largest absolute Gasteiger partial charge is 0.490 e. The molecule has 186 valence electrons. The maximum atomic E-state index is 13.0. The first kappa shape index (κ1) is 24.9. The highest BCUT2D eigenvalue weighted by molar-refractivity contribution is 7.12. The van der Waals surface area contributed by atoms with Crippen molar-refractivity contribution in [2.75, 3.05) is 26.7 Å². The van der Waals surface area contributed by atoms with E-state index >= 15 is 0 Å². The van der Waals surface area contributed by atoms with Crippen molar-refractivity contribution >= 4 is 23.2 Å². The van der Waals surface area contributed by atoms with Crippen LogP contribution in [0.3, 0.4) is 0 Å². The second kappa shape index (κ2) is 9.82. The Bertz CT molecular complexity index is 1180. The summed E-state index contributed by atoms with van der Waals surface area (Å²) in [5.74, 6) is -2.60. The minimum Gasteiger partial charge on any atom is -0.475 e. The highest BCUT2D eigenvalue weighted by atomic mass is 32.1. The Labute approximate surface area is 204 Å². The van der Waals surface area contributed by atoms with Crippen LogP contribution in [0.2, 0.25) is 0 Å². The molecule has 1 unspecified atom stereocenters. The SMILES string of the molecule is CN1Cc2c(-c3ccccc3)ncn2C2(CCCN(C(=O)c3cccs3)C2)C1.O=C(O)C(F)(F)F. The first-order valence-corrected chi connectivity index (χ1v) is 11.9. The number of carbonyl (C=O) groups is 2. The zero-order chi connectivity index (χ0) is 25.2. The van der Waals surface area contributed by atoms with Gasteiger partial charge in [0.25, 0.3) is 5.91 Å². The second-order valence-electron chi connectivity index (χ2n) is 8.78. The normalized spacial score (nSPS) is 20.2. The third kappa shape index (κ3) is 5.25. The van der Waals surface area contributed by atoms with Gasteiger partial charge in [-0.05, 0) is 31.3 Å². The minimum absolute atomic E-state index is 0.104. The summed E-state index contributed by atoms with van der Waals surface area (Å²) in [5, 5.41) is 9.10. The van der Waals surface area contributed by atoms with Crippen molar-refractivity contribution in [1.29, 1.82) is 0 Å². The van der Waals surface area contributed by atoms with E-state index in [0.717, 1.165) is 55.2 Å². The van der Waals surface area contributed by atoms with Gasteiger partial charge in [-0.3, -0.25) is 9.69 Å². The van der Waals surface area contributed by atoms with Crippen molar-refractivity contribution in [2.45, 2.75) is 31.1 Å². The Balaban J connectivity index is 0.000000364. The van der Waals surface area contributed by atoms with E-state index in [4.69, 9.17) is 14.9 Å². The molecule has 1 amide bonds. The molecular formula is C24H25F3N4O3S. The van der Waals surface area contributed by atoms with E-state index in [-0.39, 0.29) is 11.4 Å². The van der Waals surface area contributed by atoms with Crippen LogP contribution in [0.5, 0.6) is 0 Å². The lowest BCUT2D eigenvalue weighted by molar-refractivity contribution is -0.192. The molecule has 5 rings (SSSR count). The lowest BCUT2D eigenvalue weighted by Gasteiger charge is -2.49. The van der Waals surface area contributed by atoms with Crippen molar-refractivity contribution in [3.05, 3.63) is 64.7 Å². The predicted molar refractivity (Wildman–Crippen MR) is 125 cm³/mol. The van der Waals surface area contributed by atoms with Gasteiger partial charge in [0.1, 0.15) is 0 Å². The molecule has 2 aliphatic heterocycles. The van der Waals surface area contributed by atoms with E-state index in [2.05, 4.69) is 40.8 Å². The van der Waals surface area contributed by atoms with Crippen LogP contribution in [0.4, 0.5) is 13.2 Å². The molecule has 0 radical (unpaired) electrons. The number of aromatic nitrogens is 2. The number of fused-ring (bicyclic) bond motifs is 2. The number of piperidine rings is 1. The topological polar surface area (TPSA) is 78.7 Å². The molecule has 1 fully saturated rings. The number of alkyl halides is 3. The van der Waals surface area contributed by atoms with Gasteiger partial charge in [0.15, 0.2) is 0 Å². The number of nitrogens with zero attached hydrogens (tertiary/aromatic N) is 4. The highest BCUT2D eigenvalue weighted by Gasteiger charge is 2.44. The number of hydrogen-bond donors (Lipinski definition) is 1. The van der Waals surface area contributed by atoms with Crippen LogP contribution in [0, 0.1) is 0 Å². The lowest BCUT2D eigenvalue weighted by atomic mass is 9.85. The molecule has 2 aliphatic rings. The van der Waals surface area contributed by atoms with Crippen molar-refractivity contribution < 1.29 is 27.9 Å². The number of hydrogen-bond acceptors (Lipinski definition) is 5. The highest BCUT2D eigenvalue weighted by Crippen LogP contribution is 2.38. The molecule has 0 aliphatic carbocycles. The summed E-state index contributed by atoms with van der Waals surface area (Å²) in [5.41, 5.74) is 3.37. The zero-order valence-corrected chi connectivity index (χ0v) is 19.8. The van der Waals surface area contributed by atoms with Crippen molar-refractivity contribution in [3.63, 3.8) is 0 Å². The Kier molecular flexibility index (Phi) is 7.00. The Morgan fingerprint density at radius 2 is 1.83 bits per heavy atom. The number of carbonyl (C=O) groups excluding carboxylic acids is 1. The number of likely N-dealkylation sites (tertiary alicyclic amines) is 1. The molecular weight excluding hydrogens is 481 g/mol. The van der Waals surface area contributed by atoms with Crippen LogP contribution in [0.15, 0.2) is 54.2 Å². The first-order valence-electron chi connectivity index (χ1n) is 11.0. The van der Waals surface area contributed by atoms with Gasteiger partial charge in [0, 0.05) is 31.7 Å². The van der Waals surface area contributed by atoms with Crippen LogP contribution in [-0.2, 0) is 16.9 Å². The standard InChI is InChI=1S/C22H24N4OS.C2HF3O2/c1-24-13-18-20(17-7-3-2-4-8-17)23-16-26(18)22(14-24)10-6-11-25(15-22)21(27)19-9-5-12-28-19;3-2(4,5)1(6)7/h2-5,7-9,12,16H,6,10-11,13-15H2,1H3;(H,6,7). The monoisotopic (exact) mass is 506 g/mol. The number of aliphatic carboxylic acids is 1. The minimum atomic E-state index is -5.08. The van der Waals surface area contributed by atoms with Crippen LogP contribution in [0.1, 0.15) is 28.2 Å². The van der Waals surface area contributed by atoms with Crippen LogP contribution in [0.25, 0.3) is 11.3 Å². The van der Waals surface area contributed by atoms with E-state index in [1.807, 2.05) is 34.8 Å². The van der Waals surface area contributed by atoms with E-state index < -0.39 is 12.1 Å². The number of carboxylic acid groups (broad SMARTS) is 1. The van der Waals surface area contributed by atoms with Gasteiger partial charge in [-0.2, -0.15) is 13.2 Å². The van der Waals surface area contributed by atoms with Gasteiger partial charge in [0.2, 0.25) is 0 Å². The van der Waals surface area contributed by atoms with Gasteiger partial charge in [0.05, 0.1) is 28.1 Å². The summed E-state index contributed by atoms with van der Waals surface area (Å²) >= 11 is 1.53. The molecule has 35 heavy (non-hydrogen) atoms. The van der Waals surface area contributed by atoms with Crippen LogP contribution < -0.4 is 0 Å². The number of likely N-dealkylation sites (N-methyl/N-ethyl adjacent to an activating group) is 1. The lowest BCUT2D eigenvalue weighted by Crippen LogP contribution is -2.58. The predicted octanol–water partition coefficient (Wildman–Crippen LogP) is 4.32. The fourth-order valence-electron chi connectivity index (χ4n) is 4.83. The molecule has 0 bridgehead atoms. The number of benzene rings is 1. The average Bonchev–Trinajstić information content (AvgIpc) is 3.50. The second-order valence-corrected chi connectivity index (χ2v) is 9.73. The molecule has 1 aromatic carbocycles. The summed E-state index contributed by atoms with van der Waals surface area (Å²) in [4.78, 5) is 32.0. The summed E-state index contributed by atoms with van der Waals surface area (Å²) in [6.07, 6.45) is -0.990. The average molecular weight is 507 g/mol. The molecule has 1 spiro atoms. The molecule has 1 saturated heterocycles. The van der Waals surface area contributed by atoms with E-state index in [0.29, 0.717) is 0 Å². The summed E-state index contributed by atoms with van der Waals surface area (Å²) < 4.78 is 34.1. The van der Waals surface area contributed by atoms with Gasteiger partial charge in [-0.25, -0.2) is 9.78 Å². The number of rotatable bonds is 2. The Hall–Kier alpha value is -3.18. The molecule has 4 heterocycles.